The number of hydrogen-bond acceptors (Lipinski definition) is 4. The van der Waals surface area contributed by atoms with Gasteiger partial charge in [-0.15, -0.1) is 0 Å². The third-order valence-electron chi connectivity index (χ3n) is 3.61. The van der Waals surface area contributed by atoms with Gasteiger partial charge < -0.3 is 14.4 Å². The van der Waals surface area contributed by atoms with E-state index < -0.39 is 5.97 Å². The molecule has 21 heavy (non-hydrogen) atoms. The van der Waals surface area contributed by atoms with E-state index in [1.165, 1.54) is 12.1 Å². The van der Waals surface area contributed by atoms with Crippen molar-refractivity contribution in [3.63, 3.8) is 0 Å². The molecule has 0 aliphatic carbocycles. The van der Waals surface area contributed by atoms with Crippen LogP contribution >= 0.6 is 11.8 Å². The third-order valence-corrected chi connectivity index (χ3v) is 4.55. The van der Waals surface area contributed by atoms with Gasteiger partial charge in [0, 0.05) is 12.7 Å². The van der Waals surface area contributed by atoms with Crippen molar-refractivity contribution in [3.8, 4) is 0 Å². The average molecular weight is 310 g/mol. The fourth-order valence-corrected chi connectivity index (χ4v) is 3.45. The first-order chi connectivity index (χ1) is 10.1. The van der Waals surface area contributed by atoms with Crippen LogP contribution in [0.1, 0.15) is 19.4 Å². The molecule has 7 heteroatoms. The summed E-state index contributed by atoms with van der Waals surface area (Å²) in [4.78, 5) is 15.2. The number of carbonyl (C=O) groups is 1. The average Bonchev–Trinajstić information content (AvgIpc) is 2.98. The molecule has 3 rings (SSSR count). The van der Waals surface area contributed by atoms with Crippen LogP contribution in [0.4, 0.5) is 4.39 Å². The van der Waals surface area contributed by atoms with E-state index in [0.717, 1.165) is 23.7 Å². The number of carboxylic acid groups (broad SMARTS) is 1. The van der Waals surface area contributed by atoms with Gasteiger partial charge in [-0.05, 0) is 25.5 Å². The predicted molar refractivity (Wildman–Crippen MR) is 77.1 cm³/mol. The maximum absolute atomic E-state index is 13.4. The SMILES string of the molecule is CC1OCCC1n1c(SCC(=O)O)nc2cc(F)ccc21. The molecular formula is C14H15FN2O3S. The molecule has 1 fully saturated rings. The zero-order chi connectivity index (χ0) is 15.0. The van der Waals surface area contributed by atoms with Crippen LogP contribution in [0.25, 0.3) is 11.0 Å². The van der Waals surface area contributed by atoms with Crippen LogP contribution in [0.15, 0.2) is 23.4 Å². The van der Waals surface area contributed by atoms with Gasteiger partial charge in [0.25, 0.3) is 0 Å². The third kappa shape index (κ3) is 2.75. The van der Waals surface area contributed by atoms with Crippen LogP contribution in [0.3, 0.4) is 0 Å². The normalized spacial score (nSPS) is 22.0. The van der Waals surface area contributed by atoms with Crippen molar-refractivity contribution in [2.24, 2.45) is 0 Å². The van der Waals surface area contributed by atoms with E-state index in [-0.39, 0.29) is 23.7 Å². The zero-order valence-electron chi connectivity index (χ0n) is 11.5. The Hall–Kier alpha value is -1.60. The molecule has 2 heterocycles. The van der Waals surface area contributed by atoms with Crippen molar-refractivity contribution < 1.29 is 19.0 Å². The van der Waals surface area contributed by atoms with E-state index in [9.17, 15) is 9.18 Å². The Morgan fingerprint density at radius 1 is 1.62 bits per heavy atom. The standard InChI is InChI=1S/C14H15FN2O3S/c1-8-11(4-5-20-8)17-12-3-2-9(15)6-10(12)16-14(17)21-7-13(18)19/h2-3,6,8,11H,4-5,7H2,1H3,(H,18,19). The van der Waals surface area contributed by atoms with E-state index in [4.69, 9.17) is 9.84 Å². The minimum Gasteiger partial charge on any atom is -0.481 e. The number of halogens is 1. The fourth-order valence-electron chi connectivity index (χ4n) is 2.66. The Morgan fingerprint density at radius 2 is 2.43 bits per heavy atom. The molecule has 0 bridgehead atoms. The molecular weight excluding hydrogens is 295 g/mol. The van der Waals surface area contributed by atoms with Crippen LogP contribution in [0.2, 0.25) is 0 Å². The van der Waals surface area contributed by atoms with Gasteiger partial charge in [-0.1, -0.05) is 11.8 Å². The smallest absolute Gasteiger partial charge is 0.313 e. The Bertz CT molecular complexity index is 688. The van der Waals surface area contributed by atoms with E-state index in [2.05, 4.69) is 4.98 Å². The highest BCUT2D eigenvalue weighted by atomic mass is 32.2. The van der Waals surface area contributed by atoms with Crippen molar-refractivity contribution in [2.45, 2.75) is 30.6 Å². The van der Waals surface area contributed by atoms with Crippen molar-refractivity contribution >= 4 is 28.8 Å². The van der Waals surface area contributed by atoms with Gasteiger partial charge >= 0.3 is 5.97 Å². The predicted octanol–water partition coefficient (Wildman–Crippen LogP) is 2.70. The summed E-state index contributed by atoms with van der Waals surface area (Å²) in [6.45, 7) is 2.65. The van der Waals surface area contributed by atoms with Crippen LogP contribution < -0.4 is 0 Å². The number of rotatable bonds is 4. The van der Waals surface area contributed by atoms with Gasteiger partial charge in [0.1, 0.15) is 5.82 Å². The highest BCUT2D eigenvalue weighted by Crippen LogP contribution is 2.34. The van der Waals surface area contributed by atoms with Crippen molar-refractivity contribution in [1.29, 1.82) is 0 Å². The van der Waals surface area contributed by atoms with Crippen LogP contribution in [0, 0.1) is 5.82 Å². The van der Waals surface area contributed by atoms with Crippen molar-refractivity contribution in [3.05, 3.63) is 24.0 Å². The summed E-state index contributed by atoms with van der Waals surface area (Å²) in [5, 5.41) is 9.46. The second-order valence-corrected chi connectivity index (χ2v) is 5.95. The number of ether oxygens (including phenoxy) is 1. The molecule has 1 aliphatic heterocycles. The first-order valence-corrected chi connectivity index (χ1v) is 7.68. The second kappa shape index (κ2) is 5.65. The molecule has 1 aliphatic rings. The Labute approximate surface area is 125 Å². The molecule has 112 valence electrons. The highest BCUT2D eigenvalue weighted by Gasteiger charge is 2.29. The van der Waals surface area contributed by atoms with Gasteiger partial charge in [-0.3, -0.25) is 4.79 Å². The summed E-state index contributed by atoms with van der Waals surface area (Å²) in [5.41, 5.74) is 1.36. The first kappa shape index (κ1) is 14.3. The minimum atomic E-state index is -0.902. The lowest BCUT2D eigenvalue weighted by molar-refractivity contribution is -0.133. The Morgan fingerprint density at radius 3 is 3.10 bits per heavy atom. The molecule has 2 aromatic rings. The van der Waals surface area contributed by atoms with Gasteiger partial charge in [-0.25, -0.2) is 9.37 Å². The summed E-state index contributed by atoms with van der Waals surface area (Å²) in [6, 6.07) is 4.55. The number of hydrogen-bond donors (Lipinski definition) is 1. The number of benzene rings is 1. The number of nitrogens with zero attached hydrogens (tertiary/aromatic N) is 2. The Balaban J connectivity index is 2.08. The molecule has 1 aromatic heterocycles. The summed E-state index contributed by atoms with van der Waals surface area (Å²) in [5.74, 6) is -1.33. The largest absolute Gasteiger partial charge is 0.481 e. The van der Waals surface area contributed by atoms with Crippen LogP contribution in [-0.2, 0) is 9.53 Å². The molecule has 2 atom stereocenters. The number of imidazole rings is 1. The number of aromatic nitrogens is 2. The van der Waals surface area contributed by atoms with E-state index in [0.29, 0.717) is 17.3 Å². The number of fused-ring (bicyclic) bond motifs is 1. The molecule has 0 spiro atoms. The fraction of sp³-hybridized carbons (Fsp3) is 0.429. The maximum Gasteiger partial charge on any atom is 0.313 e. The van der Waals surface area contributed by atoms with Gasteiger partial charge in [-0.2, -0.15) is 0 Å². The number of aliphatic carboxylic acids is 1. The molecule has 0 radical (unpaired) electrons. The van der Waals surface area contributed by atoms with E-state index >= 15 is 0 Å². The molecule has 1 saturated heterocycles. The summed E-state index contributed by atoms with van der Waals surface area (Å²) in [6.07, 6.45) is 0.863. The summed E-state index contributed by atoms with van der Waals surface area (Å²) in [7, 11) is 0. The molecule has 2 unspecified atom stereocenters. The number of thioether (sulfide) groups is 1. The van der Waals surface area contributed by atoms with Gasteiger partial charge in [0.15, 0.2) is 5.16 Å². The lowest BCUT2D eigenvalue weighted by Gasteiger charge is -2.19. The van der Waals surface area contributed by atoms with Crippen molar-refractivity contribution in [2.75, 3.05) is 12.4 Å². The van der Waals surface area contributed by atoms with Gasteiger partial charge in [0.2, 0.25) is 0 Å². The summed E-state index contributed by atoms with van der Waals surface area (Å²) < 4.78 is 21.0. The first-order valence-electron chi connectivity index (χ1n) is 6.70. The van der Waals surface area contributed by atoms with E-state index in [1.54, 1.807) is 6.07 Å². The molecule has 0 amide bonds. The molecule has 5 nitrogen and oxygen atoms in total. The second-order valence-electron chi connectivity index (χ2n) is 5.01. The number of carboxylic acids is 1. The maximum atomic E-state index is 13.4. The lowest BCUT2D eigenvalue weighted by Crippen LogP contribution is -2.18. The van der Waals surface area contributed by atoms with Crippen LogP contribution in [0.5, 0.6) is 0 Å². The molecule has 1 aromatic carbocycles. The quantitative estimate of drug-likeness (QED) is 0.880. The van der Waals surface area contributed by atoms with Crippen LogP contribution in [-0.4, -0.2) is 39.1 Å². The topological polar surface area (TPSA) is 64.3 Å². The Kier molecular flexibility index (Phi) is 3.86. The van der Waals surface area contributed by atoms with Gasteiger partial charge in [0.05, 0.1) is 28.9 Å². The summed E-state index contributed by atoms with van der Waals surface area (Å²) >= 11 is 1.15. The van der Waals surface area contributed by atoms with E-state index in [1.807, 2.05) is 11.5 Å². The van der Waals surface area contributed by atoms with Crippen molar-refractivity contribution in [1.82, 2.24) is 9.55 Å². The lowest BCUT2D eigenvalue weighted by atomic mass is 10.1. The zero-order valence-corrected chi connectivity index (χ0v) is 12.3. The monoisotopic (exact) mass is 310 g/mol. The minimum absolute atomic E-state index is 0.0247. The molecule has 0 saturated carbocycles. The highest BCUT2D eigenvalue weighted by molar-refractivity contribution is 7.99. The molecule has 1 N–H and O–H groups in total.